The molecule has 22 heavy (non-hydrogen) atoms. The topological polar surface area (TPSA) is 24.9 Å². The maximum atomic E-state index is 4.88. The monoisotopic (exact) mass is 288 g/mol. The first-order valence-electron chi connectivity index (χ1n) is 7.97. The lowest BCUT2D eigenvalue weighted by molar-refractivity contribution is 0.901. The van der Waals surface area contributed by atoms with Gasteiger partial charge in [-0.1, -0.05) is 29.8 Å². The maximum Gasteiger partial charge on any atom is 0.0726 e. The van der Waals surface area contributed by atoms with Crippen molar-refractivity contribution >= 4 is 22.3 Å². The highest BCUT2D eigenvalue weighted by Gasteiger charge is 2.20. The quantitative estimate of drug-likeness (QED) is 0.711. The second kappa shape index (κ2) is 5.13. The SMILES string of the molecule is Cc1ccc2nc3c(c(Nc4ccccc4C)c2c1)CCC3. The van der Waals surface area contributed by atoms with Crippen LogP contribution in [-0.2, 0) is 12.8 Å². The summed E-state index contributed by atoms with van der Waals surface area (Å²) in [5.41, 5.74) is 8.77. The highest BCUT2D eigenvalue weighted by Crippen LogP contribution is 2.36. The van der Waals surface area contributed by atoms with Crippen molar-refractivity contribution in [1.82, 2.24) is 4.98 Å². The van der Waals surface area contributed by atoms with Crippen LogP contribution in [0.4, 0.5) is 11.4 Å². The van der Waals surface area contributed by atoms with Crippen LogP contribution < -0.4 is 5.32 Å². The zero-order valence-corrected chi connectivity index (χ0v) is 13.1. The smallest absolute Gasteiger partial charge is 0.0726 e. The normalized spacial score (nSPS) is 13.4. The molecule has 1 aliphatic rings. The number of nitrogens with zero attached hydrogens (tertiary/aromatic N) is 1. The van der Waals surface area contributed by atoms with Crippen LogP contribution in [-0.4, -0.2) is 4.98 Å². The van der Waals surface area contributed by atoms with E-state index in [9.17, 15) is 0 Å². The number of anilines is 2. The number of hydrogen-bond acceptors (Lipinski definition) is 2. The molecule has 0 fully saturated rings. The molecule has 0 saturated carbocycles. The summed E-state index contributed by atoms with van der Waals surface area (Å²) in [5, 5.41) is 4.94. The Morgan fingerprint density at radius 2 is 1.86 bits per heavy atom. The van der Waals surface area contributed by atoms with Crippen LogP contribution >= 0.6 is 0 Å². The minimum Gasteiger partial charge on any atom is -0.354 e. The van der Waals surface area contributed by atoms with Gasteiger partial charge in [0.1, 0.15) is 0 Å². The lowest BCUT2D eigenvalue weighted by Gasteiger charge is -2.16. The first kappa shape index (κ1) is 13.3. The third-order valence-electron chi connectivity index (χ3n) is 4.57. The van der Waals surface area contributed by atoms with Gasteiger partial charge in [-0.15, -0.1) is 0 Å². The molecule has 0 spiro atoms. The van der Waals surface area contributed by atoms with Crippen LogP contribution in [0.3, 0.4) is 0 Å². The number of para-hydroxylation sites is 1. The zero-order valence-electron chi connectivity index (χ0n) is 13.1. The second-order valence-corrected chi connectivity index (χ2v) is 6.23. The Morgan fingerprint density at radius 3 is 2.73 bits per heavy atom. The molecule has 0 atom stereocenters. The van der Waals surface area contributed by atoms with E-state index in [4.69, 9.17) is 4.98 Å². The van der Waals surface area contributed by atoms with Crippen LogP contribution in [0.2, 0.25) is 0 Å². The number of rotatable bonds is 2. The molecule has 2 nitrogen and oxygen atoms in total. The summed E-state index contributed by atoms with van der Waals surface area (Å²) in [7, 11) is 0. The molecule has 0 unspecified atom stereocenters. The van der Waals surface area contributed by atoms with Gasteiger partial charge < -0.3 is 5.32 Å². The first-order chi connectivity index (χ1) is 10.7. The molecule has 2 heteroatoms. The minimum absolute atomic E-state index is 1.10. The maximum absolute atomic E-state index is 4.88. The third-order valence-corrected chi connectivity index (χ3v) is 4.57. The lowest BCUT2D eigenvalue weighted by Crippen LogP contribution is -2.01. The van der Waals surface area contributed by atoms with Crippen LogP contribution in [0.1, 0.15) is 28.8 Å². The molecule has 1 heterocycles. The van der Waals surface area contributed by atoms with E-state index in [0.717, 1.165) is 18.4 Å². The van der Waals surface area contributed by atoms with E-state index in [-0.39, 0.29) is 0 Å². The van der Waals surface area contributed by atoms with Crippen LogP contribution in [0.25, 0.3) is 10.9 Å². The highest BCUT2D eigenvalue weighted by molar-refractivity contribution is 5.96. The molecule has 3 aromatic rings. The zero-order chi connectivity index (χ0) is 15.1. The van der Waals surface area contributed by atoms with Gasteiger partial charge in [-0.3, -0.25) is 4.98 Å². The average molecular weight is 288 g/mol. The predicted molar refractivity (Wildman–Crippen MR) is 93.0 cm³/mol. The number of pyridine rings is 1. The number of benzene rings is 2. The fraction of sp³-hybridized carbons (Fsp3) is 0.250. The van der Waals surface area contributed by atoms with Gasteiger partial charge in [0.15, 0.2) is 0 Å². The van der Waals surface area contributed by atoms with Crippen molar-refractivity contribution in [3.05, 3.63) is 64.8 Å². The molecule has 110 valence electrons. The lowest BCUT2D eigenvalue weighted by atomic mass is 10.0. The van der Waals surface area contributed by atoms with Crippen molar-refractivity contribution in [2.45, 2.75) is 33.1 Å². The van der Waals surface area contributed by atoms with Crippen molar-refractivity contribution in [2.24, 2.45) is 0 Å². The summed E-state index contributed by atoms with van der Waals surface area (Å²) in [6.45, 7) is 4.29. The van der Waals surface area contributed by atoms with E-state index in [1.54, 1.807) is 0 Å². The Labute approximate surface area is 131 Å². The number of aryl methyl sites for hydroxylation is 3. The number of aromatic nitrogens is 1. The summed E-state index contributed by atoms with van der Waals surface area (Å²) in [5.74, 6) is 0. The molecule has 1 aromatic heterocycles. The number of fused-ring (bicyclic) bond motifs is 2. The molecule has 0 aliphatic heterocycles. The Balaban J connectivity index is 1.95. The average Bonchev–Trinajstić information content (AvgIpc) is 2.98. The van der Waals surface area contributed by atoms with Gasteiger partial charge >= 0.3 is 0 Å². The summed E-state index contributed by atoms with van der Waals surface area (Å²) in [4.78, 5) is 4.88. The molecule has 2 aromatic carbocycles. The highest BCUT2D eigenvalue weighted by atomic mass is 14.9. The molecular formula is C20H20N2. The largest absolute Gasteiger partial charge is 0.354 e. The van der Waals surface area contributed by atoms with Gasteiger partial charge in [-0.2, -0.15) is 0 Å². The van der Waals surface area contributed by atoms with Gasteiger partial charge in [0.2, 0.25) is 0 Å². The molecule has 4 rings (SSSR count). The van der Waals surface area contributed by atoms with Crippen molar-refractivity contribution in [2.75, 3.05) is 5.32 Å². The van der Waals surface area contributed by atoms with E-state index in [0.29, 0.717) is 0 Å². The Kier molecular flexibility index (Phi) is 3.11. The van der Waals surface area contributed by atoms with E-state index in [1.807, 2.05) is 0 Å². The molecule has 0 saturated heterocycles. The van der Waals surface area contributed by atoms with E-state index >= 15 is 0 Å². The summed E-state index contributed by atoms with van der Waals surface area (Å²) in [6, 6.07) is 15.0. The standard InChI is InChI=1S/C20H20N2/c1-13-10-11-19-16(12-13)20(15-7-5-9-18(15)21-19)22-17-8-4-3-6-14(17)2/h3-4,6,8,10-12H,5,7,9H2,1-2H3,(H,21,22). The Hall–Kier alpha value is -2.35. The number of nitrogens with one attached hydrogen (secondary N) is 1. The van der Waals surface area contributed by atoms with Crippen LogP contribution in [0, 0.1) is 13.8 Å². The molecule has 1 aliphatic carbocycles. The van der Waals surface area contributed by atoms with Gasteiger partial charge in [0, 0.05) is 16.8 Å². The summed E-state index contributed by atoms with van der Waals surface area (Å²) < 4.78 is 0. The van der Waals surface area contributed by atoms with Gasteiger partial charge in [-0.05, 0) is 62.4 Å². The molecule has 1 N–H and O–H groups in total. The van der Waals surface area contributed by atoms with Crippen molar-refractivity contribution < 1.29 is 0 Å². The third kappa shape index (κ3) is 2.16. The van der Waals surface area contributed by atoms with E-state index in [2.05, 4.69) is 61.6 Å². The Bertz CT molecular complexity index is 865. The van der Waals surface area contributed by atoms with Crippen LogP contribution in [0.5, 0.6) is 0 Å². The molecular weight excluding hydrogens is 268 g/mol. The molecule has 0 radical (unpaired) electrons. The first-order valence-corrected chi connectivity index (χ1v) is 7.97. The van der Waals surface area contributed by atoms with Crippen molar-refractivity contribution in [3.8, 4) is 0 Å². The summed E-state index contributed by atoms with van der Waals surface area (Å²) in [6.07, 6.45) is 3.43. The van der Waals surface area contributed by atoms with E-state index < -0.39 is 0 Å². The molecule has 0 bridgehead atoms. The predicted octanol–water partition coefficient (Wildman–Crippen LogP) is 5.08. The van der Waals surface area contributed by atoms with Gasteiger partial charge in [0.25, 0.3) is 0 Å². The fourth-order valence-corrected chi connectivity index (χ4v) is 3.37. The summed E-state index contributed by atoms with van der Waals surface area (Å²) >= 11 is 0. The van der Waals surface area contributed by atoms with Crippen LogP contribution in [0.15, 0.2) is 42.5 Å². The molecule has 0 amide bonds. The van der Waals surface area contributed by atoms with Gasteiger partial charge in [0.05, 0.1) is 11.2 Å². The minimum atomic E-state index is 1.10. The Morgan fingerprint density at radius 1 is 1.00 bits per heavy atom. The number of hydrogen-bond donors (Lipinski definition) is 1. The second-order valence-electron chi connectivity index (χ2n) is 6.23. The van der Waals surface area contributed by atoms with Crippen molar-refractivity contribution in [1.29, 1.82) is 0 Å². The fourth-order valence-electron chi connectivity index (χ4n) is 3.37. The van der Waals surface area contributed by atoms with Gasteiger partial charge in [-0.25, -0.2) is 0 Å². The van der Waals surface area contributed by atoms with Crippen molar-refractivity contribution in [3.63, 3.8) is 0 Å². The van der Waals surface area contributed by atoms with E-state index in [1.165, 1.54) is 45.6 Å².